The third kappa shape index (κ3) is 7.13. The van der Waals surface area contributed by atoms with Gasteiger partial charge in [0.2, 0.25) is 0 Å². The summed E-state index contributed by atoms with van der Waals surface area (Å²) in [4.78, 5) is 18.1. The molecule has 0 aliphatic rings. The van der Waals surface area contributed by atoms with E-state index in [0.29, 0.717) is 5.56 Å². The Balaban J connectivity index is 0.000000106. The van der Waals surface area contributed by atoms with Gasteiger partial charge in [0.1, 0.15) is 0 Å². The summed E-state index contributed by atoms with van der Waals surface area (Å²) < 4.78 is 6.59. The average molecular weight is 879 g/mol. The van der Waals surface area contributed by atoms with Gasteiger partial charge < -0.3 is 23.7 Å². The van der Waals surface area contributed by atoms with E-state index in [9.17, 15) is 10.1 Å². The van der Waals surface area contributed by atoms with E-state index in [0.717, 1.165) is 22.2 Å². The molecule has 14 aromatic rings. The Morgan fingerprint density at radius 3 is 1.57 bits per heavy atom. The number of aromatic amines is 2. The molecule has 8 heteroatoms. The zero-order valence-electron chi connectivity index (χ0n) is 36.7. The topological polar surface area (TPSA) is 89.5 Å². The molecule has 68 heavy (non-hydrogen) atoms. The van der Waals surface area contributed by atoms with Crippen molar-refractivity contribution in [3.63, 3.8) is 0 Å². The van der Waals surface area contributed by atoms with E-state index in [4.69, 9.17) is 0 Å². The van der Waals surface area contributed by atoms with Crippen LogP contribution in [0.2, 0.25) is 0 Å². The number of nitrogens with one attached hydrogen (secondary N) is 2. The molecule has 0 bridgehead atoms. The van der Waals surface area contributed by atoms with Crippen LogP contribution in [-0.4, -0.2) is 28.6 Å². The number of rotatable bonds is 5. The van der Waals surface area contributed by atoms with Crippen LogP contribution in [0.5, 0.6) is 0 Å². The first-order valence-corrected chi connectivity index (χ1v) is 22.6. The van der Waals surface area contributed by atoms with Crippen LogP contribution in [0.1, 0.15) is 0 Å². The summed E-state index contributed by atoms with van der Waals surface area (Å²) in [7, 11) is 0. The monoisotopic (exact) mass is 878 g/mol. The molecule has 9 aromatic carbocycles. The van der Waals surface area contributed by atoms with Gasteiger partial charge in [-0.15, -0.1) is 0 Å². The van der Waals surface area contributed by atoms with E-state index in [1.807, 2.05) is 79.0 Å². The Labute approximate surface area is 390 Å². The molecule has 0 unspecified atom stereocenters. The van der Waals surface area contributed by atoms with Crippen LogP contribution in [0.4, 0.5) is 5.69 Å². The highest BCUT2D eigenvalue weighted by Crippen LogP contribution is 2.35. The Morgan fingerprint density at radius 1 is 0.382 bits per heavy atom. The molecule has 0 radical (unpaired) electrons. The Hall–Kier alpha value is -9.40. The summed E-state index contributed by atoms with van der Waals surface area (Å²) in [5, 5.41) is 20.0. The highest BCUT2D eigenvalue weighted by molar-refractivity contribution is 6.16. The second-order valence-electron chi connectivity index (χ2n) is 16.8. The molecule has 2 N–H and O–H groups in total. The molecule has 0 aliphatic heterocycles. The third-order valence-corrected chi connectivity index (χ3v) is 12.9. The summed E-state index contributed by atoms with van der Waals surface area (Å²) in [6.45, 7) is 0. The lowest BCUT2D eigenvalue weighted by Gasteiger charge is -2.08. The highest BCUT2D eigenvalue weighted by Gasteiger charge is 2.16. The van der Waals surface area contributed by atoms with Crippen LogP contribution in [0.3, 0.4) is 0 Å². The van der Waals surface area contributed by atoms with Gasteiger partial charge in [-0.25, -0.2) is 0 Å². The SMILES string of the molecule is O=[N+]([O-])c1ccccc1-c1ccc2ccn(-c3ccccc3)c2c1.c1ccc(-n2ccc3cc4[nH]c5ccccc5c4cc32)cc1.c1ccc(-n2ccc3ccc4c5ccccc5[nH]c4c32)cc1. The number of aromatic nitrogens is 5. The van der Waals surface area contributed by atoms with Crippen molar-refractivity contribution in [2.45, 2.75) is 0 Å². The molecule has 324 valence electrons. The molecule has 0 spiro atoms. The fraction of sp³-hybridized carbons (Fsp3) is 0. The first-order valence-electron chi connectivity index (χ1n) is 22.6. The molecule has 0 saturated heterocycles. The van der Waals surface area contributed by atoms with Gasteiger partial charge in [0.05, 0.1) is 32.6 Å². The van der Waals surface area contributed by atoms with Gasteiger partial charge in [0.15, 0.2) is 0 Å². The zero-order valence-corrected chi connectivity index (χ0v) is 36.7. The standard InChI is InChI=1S/C20H14N2O2.2C20H14N2/c23-22(24)19-9-5-4-8-18(19)16-11-10-15-12-13-21(20(15)14-16)17-6-2-1-3-7-17;1-2-6-15(7-3-1)22-11-10-14-12-19-17(13-20(14)22)16-8-4-5-9-18(16)21-19;1-2-6-15(7-3-1)22-13-12-14-10-11-17-16-8-4-5-9-18(16)21-19(17)20(14)22/h1-14H;2*1-13,21H. The molecular weight excluding hydrogens is 837 g/mol. The van der Waals surface area contributed by atoms with Gasteiger partial charge in [-0.1, -0.05) is 127 Å². The second kappa shape index (κ2) is 16.9. The lowest BCUT2D eigenvalue weighted by Crippen LogP contribution is -1.93. The number of fused-ring (bicyclic) bond motifs is 10. The maximum absolute atomic E-state index is 11.3. The molecular formula is C60H42N6O2. The smallest absolute Gasteiger partial charge is 0.277 e. The molecule has 0 amide bonds. The first-order chi connectivity index (χ1) is 33.6. The minimum Gasteiger partial charge on any atom is -0.354 e. The molecule has 5 aromatic heterocycles. The van der Waals surface area contributed by atoms with Crippen molar-refractivity contribution in [3.8, 4) is 28.2 Å². The van der Waals surface area contributed by atoms with Crippen molar-refractivity contribution in [1.29, 1.82) is 0 Å². The quantitative estimate of drug-likeness (QED) is 0.133. The van der Waals surface area contributed by atoms with E-state index in [1.54, 1.807) is 12.1 Å². The van der Waals surface area contributed by atoms with E-state index < -0.39 is 0 Å². The number of nitro benzene ring substituents is 1. The number of nitro groups is 1. The molecule has 0 aliphatic carbocycles. The number of H-pyrrole nitrogens is 2. The maximum Gasteiger partial charge on any atom is 0.277 e. The fourth-order valence-corrected chi connectivity index (χ4v) is 9.63. The number of hydrogen-bond donors (Lipinski definition) is 2. The second-order valence-corrected chi connectivity index (χ2v) is 16.8. The minimum atomic E-state index is -0.338. The van der Waals surface area contributed by atoms with E-state index in [-0.39, 0.29) is 10.6 Å². The summed E-state index contributed by atoms with van der Waals surface area (Å²) in [5.41, 5.74) is 13.3. The summed E-state index contributed by atoms with van der Waals surface area (Å²) in [6, 6.07) is 76.1. The van der Waals surface area contributed by atoms with Crippen molar-refractivity contribution in [3.05, 3.63) is 253 Å². The van der Waals surface area contributed by atoms with Crippen molar-refractivity contribution < 1.29 is 4.92 Å². The van der Waals surface area contributed by atoms with Crippen LogP contribution in [-0.2, 0) is 0 Å². The highest BCUT2D eigenvalue weighted by atomic mass is 16.6. The molecule has 14 rings (SSSR count). The van der Waals surface area contributed by atoms with Crippen LogP contribution >= 0.6 is 0 Å². The van der Waals surface area contributed by atoms with Gasteiger partial charge in [-0.05, 0) is 102 Å². The number of nitrogens with zero attached hydrogens (tertiary/aromatic N) is 4. The number of para-hydroxylation sites is 6. The van der Waals surface area contributed by atoms with Crippen molar-refractivity contribution in [2.24, 2.45) is 0 Å². The Bertz CT molecular complexity index is 4110. The summed E-state index contributed by atoms with van der Waals surface area (Å²) in [6.07, 6.45) is 6.30. The maximum atomic E-state index is 11.3. The molecule has 0 atom stereocenters. The third-order valence-electron chi connectivity index (χ3n) is 12.9. The van der Waals surface area contributed by atoms with Gasteiger partial charge >= 0.3 is 0 Å². The van der Waals surface area contributed by atoms with Crippen LogP contribution in [0.25, 0.3) is 105 Å². The molecule has 0 fully saturated rings. The van der Waals surface area contributed by atoms with Gasteiger partial charge in [0, 0.05) is 90.6 Å². The fourth-order valence-electron chi connectivity index (χ4n) is 9.63. The van der Waals surface area contributed by atoms with E-state index in [1.165, 1.54) is 82.9 Å². The lowest BCUT2D eigenvalue weighted by molar-refractivity contribution is -0.384. The van der Waals surface area contributed by atoms with Crippen molar-refractivity contribution in [2.75, 3.05) is 0 Å². The largest absolute Gasteiger partial charge is 0.354 e. The minimum absolute atomic E-state index is 0.120. The zero-order chi connectivity index (χ0) is 45.6. The van der Waals surface area contributed by atoms with E-state index >= 15 is 0 Å². The van der Waals surface area contributed by atoms with E-state index in [2.05, 4.69) is 170 Å². The Morgan fingerprint density at radius 2 is 0.897 bits per heavy atom. The summed E-state index contributed by atoms with van der Waals surface area (Å²) >= 11 is 0. The average Bonchev–Trinajstić information content (AvgIpc) is 4.25. The molecule has 5 heterocycles. The van der Waals surface area contributed by atoms with Crippen molar-refractivity contribution >= 4 is 82.0 Å². The molecule has 8 nitrogen and oxygen atoms in total. The van der Waals surface area contributed by atoms with Gasteiger partial charge in [-0.2, -0.15) is 0 Å². The first kappa shape index (κ1) is 40.1. The Kier molecular flexibility index (Phi) is 9.95. The van der Waals surface area contributed by atoms with Crippen molar-refractivity contribution in [1.82, 2.24) is 23.7 Å². The van der Waals surface area contributed by atoms with Crippen LogP contribution < -0.4 is 0 Å². The van der Waals surface area contributed by atoms with Crippen LogP contribution in [0, 0.1) is 10.1 Å². The number of hydrogen-bond acceptors (Lipinski definition) is 2. The number of benzene rings is 9. The van der Waals surface area contributed by atoms with Gasteiger partial charge in [0.25, 0.3) is 5.69 Å². The van der Waals surface area contributed by atoms with Crippen LogP contribution in [0.15, 0.2) is 243 Å². The lowest BCUT2D eigenvalue weighted by atomic mass is 10.0. The molecule has 0 saturated carbocycles. The predicted molar refractivity (Wildman–Crippen MR) is 281 cm³/mol. The summed E-state index contributed by atoms with van der Waals surface area (Å²) in [5.74, 6) is 0. The predicted octanol–water partition coefficient (Wildman–Crippen LogP) is 15.7. The normalized spacial score (nSPS) is 11.4. The van der Waals surface area contributed by atoms with Gasteiger partial charge in [-0.3, -0.25) is 10.1 Å².